The van der Waals surface area contributed by atoms with E-state index >= 15 is 0 Å². The van der Waals surface area contributed by atoms with Crippen molar-refractivity contribution in [2.24, 2.45) is 0 Å². The molecule has 2 heteroatoms. The van der Waals surface area contributed by atoms with Gasteiger partial charge in [0.05, 0.1) is 18.3 Å². The minimum absolute atomic E-state index is 0.0452. The predicted octanol–water partition coefficient (Wildman–Crippen LogP) is 3.13. The molecule has 0 aliphatic rings. The first-order valence-corrected chi connectivity index (χ1v) is 5.91. The van der Waals surface area contributed by atoms with E-state index in [1.54, 1.807) is 6.92 Å². The van der Waals surface area contributed by atoms with Crippen molar-refractivity contribution in [2.75, 3.05) is 0 Å². The number of ether oxygens (including phenoxy) is 1. The van der Waals surface area contributed by atoms with Gasteiger partial charge < -0.3 is 9.84 Å². The fraction of sp³-hybridized carbons (Fsp3) is 1.00. The molecule has 1 N–H and O–H groups in total. The summed E-state index contributed by atoms with van der Waals surface area (Å²) in [7, 11) is 0. The molecule has 14 heavy (non-hydrogen) atoms. The quantitative estimate of drug-likeness (QED) is 0.613. The maximum Gasteiger partial charge on any atom is 0.0806 e. The summed E-state index contributed by atoms with van der Waals surface area (Å²) in [5.41, 5.74) is 0. The van der Waals surface area contributed by atoms with Gasteiger partial charge in [0.2, 0.25) is 0 Å². The maximum atomic E-state index is 9.25. The van der Waals surface area contributed by atoms with E-state index < -0.39 is 0 Å². The van der Waals surface area contributed by atoms with Crippen molar-refractivity contribution in [3.8, 4) is 0 Å². The molecule has 0 aromatic heterocycles. The third-order valence-electron chi connectivity index (χ3n) is 2.59. The van der Waals surface area contributed by atoms with Crippen LogP contribution in [0.2, 0.25) is 0 Å². The van der Waals surface area contributed by atoms with Gasteiger partial charge in [-0.1, -0.05) is 32.6 Å². The molecule has 0 aromatic rings. The Morgan fingerprint density at radius 2 is 1.71 bits per heavy atom. The Morgan fingerprint density at radius 1 is 1.07 bits per heavy atom. The molecule has 0 radical (unpaired) electrons. The molecule has 0 rings (SSSR count). The SMILES string of the molecule is CCCCCC[C@@H](C)O[C@H](C)[C@@H](C)O. The van der Waals surface area contributed by atoms with Crippen molar-refractivity contribution < 1.29 is 9.84 Å². The van der Waals surface area contributed by atoms with Gasteiger partial charge in [-0.25, -0.2) is 0 Å². The Bertz CT molecular complexity index is 123. The average Bonchev–Trinajstić information content (AvgIpc) is 2.12. The molecule has 0 bridgehead atoms. The Balaban J connectivity index is 3.40. The van der Waals surface area contributed by atoms with Crippen LogP contribution in [0.4, 0.5) is 0 Å². The third-order valence-corrected chi connectivity index (χ3v) is 2.59. The summed E-state index contributed by atoms with van der Waals surface area (Å²) in [6.07, 6.45) is 6.10. The highest BCUT2D eigenvalue weighted by atomic mass is 16.5. The summed E-state index contributed by atoms with van der Waals surface area (Å²) < 4.78 is 5.64. The van der Waals surface area contributed by atoms with Gasteiger partial charge >= 0.3 is 0 Å². The molecule has 0 aliphatic carbocycles. The first-order chi connectivity index (χ1) is 6.57. The number of hydrogen-bond donors (Lipinski definition) is 1. The Morgan fingerprint density at radius 3 is 2.21 bits per heavy atom. The molecular weight excluding hydrogens is 176 g/mol. The zero-order chi connectivity index (χ0) is 11.0. The summed E-state index contributed by atoms with van der Waals surface area (Å²) in [6.45, 7) is 8.00. The van der Waals surface area contributed by atoms with Crippen LogP contribution >= 0.6 is 0 Å². The van der Waals surface area contributed by atoms with E-state index in [1.807, 2.05) is 6.92 Å². The second-order valence-electron chi connectivity index (χ2n) is 4.24. The van der Waals surface area contributed by atoms with Crippen molar-refractivity contribution >= 4 is 0 Å². The summed E-state index contributed by atoms with van der Waals surface area (Å²) in [6, 6.07) is 0. The zero-order valence-corrected chi connectivity index (χ0v) is 10.1. The fourth-order valence-electron chi connectivity index (χ4n) is 1.41. The second kappa shape index (κ2) is 8.25. The van der Waals surface area contributed by atoms with Crippen molar-refractivity contribution in [1.29, 1.82) is 0 Å². The topological polar surface area (TPSA) is 29.5 Å². The Hall–Kier alpha value is -0.0800. The van der Waals surface area contributed by atoms with E-state index in [1.165, 1.54) is 25.7 Å². The molecule has 0 aliphatic heterocycles. The van der Waals surface area contributed by atoms with Crippen LogP contribution in [-0.2, 0) is 4.74 Å². The lowest BCUT2D eigenvalue weighted by Crippen LogP contribution is -2.27. The van der Waals surface area contributed by atoms with E-state index in [-0.39, 0.29) is 18.3 Å². The van der Waals surface area contributed by atoms with Gasteiger partial charge in [0.15, 0.2) is 0 Å². The van der Waals surface area contributed by atoms with Crippen LogP contribution in [-0.4, -0.2) is 23.4 Å². The summed E-state index contributed by atoms with van der Waals surface area (Å²) in [4.78, 5) is 0. The van der Waals surface area contributed by atoms with Crippen LogP contribution in [0.25, 0.3) is 0 Å². The Kier molecular flexibility index (Phi) is 8.20. The number of aliphatic hydroxyl groups is 1. The van der Waals surface area contributed by atoms with Gasteiger partial charge in [-0.15, -0.1) is 0 Å². The van der Waals surface area contributed by atoms with Gasteiger partial charge in [-0.2, -0.15) is 0 Å². The van der Waals surface area contributed by atoms with Crippen LogP contribution in [0.3, 0.4) is 0 Å². The molecule has 0 fully saturated rings. The molecule has 0 aromatic carbocycles. The van der Waals surface area contributed by atoms with Gasteiger partial charge in [-0.05, 0) is 27.2 Å². The zero-order valence-electron chi connectivity index (χ0n) is 10.1. The number of aliphatic hydroxyl groups excluding tert-OH is 1. The second-order valence-corrected chi connectivity index (χ2v) is 4.24. The van der Waals surface area contributed by atoms with Crippen molar-refractivity contribution in [3.63, 3.8) is 0 Å². The van der Waals surface area contributed by atoms with Gasteiger partial charge in [0, 0.05) is 0 Å². The number of rotatable bonds is 8. The highest BCUT2D eigenvalue weighted by molar-refractivity contribution is 4.60. The normalized spacial score (nSPS) is 17.8. The van der Waals surface area contributed by atoms with Gasteiger partial charge in [0.1, 0.15) is 0 Å². The highest BCUT2D eigenvalue weighted by Crippen LogP contribution is 2.10. The first kappa shape index (κ1) is 13.9. The van der Waals surface area contributed by atoms with Gasteiger partial charge in [-0.3, -0.25) is 0 Å². The monoisotopic (exact) mass is 202 g/mol. The largest absolute Gasteiger partial charge is 0.391 e. The maximum absolute atomic E-state index is 9.25. The van der Waals surface area contributed by atoms with E-state index in [9.17, 15) is 5.11 Å². The number of hydrogen-bond acceptors (Lipinski definition) is 2. The minimum Gasteiger partial charge on any atom is -0.391 e. The van der Waals surface area contributed by atoms with E-state index in [0.29, 0.717) is 0 Å². The van der Waals surface area contributed by atoms with Crippen LogP contribution < -0.4 is 0 Å². The summed E-state index contributed by atoms with van der Waals surface area (Å²) in [5.74, 6) is 0. The molecule has 0 saturated carbocycles. The average molecular weight is 202 g/mol. The highest BCUT2D eigenvalue weighted by Gasteiger charge is 2.12. The van der Waals surface area contributed by atoms with E-state index in [2.05, 4.69) is 13.8 Å². The molecular formula is C12H26O2. The third kappa shape index (κ3) is 7.34. The Labute approximate surface area is 88.7 Å². The van der Waals surface area contributed by atoms with E-state index in [0.717, 1.165) is 6.42 Å². The van der Waals surface area contributed by atoms with Crippen molar-refractivity contribution in [2.45, 2.75) is 78.1 Å². The van der Waals surface area contributed by atoms with Crippen molar-refractivity contribution in [1.82, 2.24) is 0 Å². The standard InChI is InChI=1S/C12H26O2/c1-5-6-7-8-9-10(2)14-12(4)11(3)13/h10-13H,5-9H2,1-4H3/t10-,11-,12-/m1/s1. The van der Waals surface area contributed by atoms with Crippen LogP contribution in [0.5, 0.6) is 0 Å². The first-order valence-electron chi connectivity index (χ1n) is 5.91. The van der Waals surface area contributed by atoms with Crippen molar-refractivity contribution in [3.05, 3.63) is 0 Å². The molecule has 0 heterocycles. The van der Waals surface area contributed by atoms with Gasteiger partial charge in [0.25, 0.3) is 0 Å². The molecule has 0 unspecified atom stereocenters. The van der Waals surface area contributed by atoms with Crippen LogP contribution in [0.1, 0.15) is 59.8 Å². The fourth-order valence-corrected chi connectivity index (χ4v) is 1.41. The predicted molar refractivity (Wildman–Crippen MR) is 60.4 cm³/mol. The minimum atomic E-state index is -0.368. The van der Waals surface area contributed by atoms with Crippen LogP contribution in [0, 0.1) is 0 Å². The molecule has 2 nitrogen and oxygen atoms in total. The lowest BCUT2D eigenvalue weighted by atomic mass is 10.1. The number of unbranched alkanes of at least 4 members (excludes halogenated alkanes) is 3. The molecule has 0 saturated heterocycles. The smallest absolute Gasteiger partial charge is 0.0806 e. The molecule has 0 spiro atoms. The summed E-state index contributed by atoms with van der Waals surface area (Å²) >= 11 is 0. The molecule has 3 atom stereocenters. The lowest BCUT2D eigenvalue weighted by Gasteiger charge is -2.21. The van der Waals surface area contributed by atoms with Crippen LogP contribution in [0.15, 0.2) is 0 Å². The molecule has 0 amide bonds. The summed E-state index contributed by atoms with van der Waals surface area (Å²) in [5, 5.41) is 9.25. The lowest BCUT2D eigenvalue weighted by molar-refractivity contribution is -0.0573. The molecule has 86 valence electrons. The van der Waals surface area contributed by atoms with E-state index in [4.69, 9.17) is 4.74 Å².